The van der Waals surface area contributed by atoms with Gasteiger partial charge in [-0.25, -0.2) is 4.98 Å². The fraction of sp³-hybridized carbons (Fsp3) is 0.160. The maximum atomic E-state index is 12.7. The number of rotatable bonds is 4. The van der Waals surface area contributed by atoms with Crippen LogP contribution in [0.4, 0.5) is 0 Å². The minimum Gasteiger partial charge on any atom is -0.415 e. The van der Waals surface area contributed by atoms with E-state index >= 15 is 0 Å². The van der Waals surface area contributed by atoms with E-state index in [1.807, 2.05) is 78.6 Å². The Kier molecular flexibility index (Phi) is 5.29. The number of nitrogens with zero attached hydrogens (tertiary/aromatic N) is 5. The molecule has 2 aromatic carbocycles. The highest BCUT2D eigenvalue weighted by molar-refractivity contribution is 5.94. The second-order valence-corrected chi connectivity index (χ2v) is 7.56. The Morgan fingerprint density at radius 2 is 1.69 bits per heavy atom. The molecule has 1 amide bonds. The molecular weight excluding hydrogens is 402 g/mol. The van der Waals surface area contributed by atoms with Crippen LogP contribution in [0.25, 0.3) is 28.6 Å². The van der Waals surface area contributed by atoms with E-state index in [2.05, 4.69) is 15.2 Å². The molecule has 0 unspecified atom stereocenters. The molecule has 0 fully saturated rings. The Balaban J connectivity index is 1.37. The molecule has 0 atom stereocenters. The van der Waals surface area contributed by atoms with E-state index in [1.165, 1.54) is 0 Å². The molecule has 0 aliphatic carbocycles. The number of carbonyl (C=O) groups is 1. The molecule has 0 radical (unpaired) electrons. The fourth-order valence-electron chi connectivity index (χ4n) is 3.67. The summed E-state index contributed by atoms with van der Waals surface area (Å²) in [6, 6.07) is 19.0. The van der Waals surface area contributed by atoms with Crippen LogP contribution in [0.2, 0.25) is 0 Å². The third kappa shape index (κ3) is 3.92. The summed E-state index contributed by atoms with van der Waals surface area (Å²) in [5.41, 5.74) is 4.66. The van der Waals surface area contributed by atoms with E-state index < -0.39 is 0 Å². The van der Waals surface area contributed by atoms with Gasteiger partial charge in [0.15, 0.2) is 0 Å². The normalized spacial score (nSPS) is 13.7. The average Bonchev–Trinajstić information content (AvgIpc) is 3.35. The van der Waals surface area contributed by atoms with Gasteiger partial charge in [0.1, 0.15) is 5.69 Å². The number of hydrogen-bond donors (Lipinski definition) is 0. The van der Waals surface area contributed by atoms with E-state index in [9.17, 15) is 4.79 Å². The van der Waals surface area contributed by atoms with Crippen LogP contribution in [0.3, 0.4) is 0 Å². The molecule has 1 aliphatic rings. The molecule has 4 aromatic rings. The van der Waals surface area contributed by atoms with Crippen molar-refractivity contribution in [3.63, 3.8) is 0 Å². The Morgan fingerprint density at radius 3 is 2.41 bits per heavy atom. The first-order chi connectivity index (χ1) is 15.7. The predicted octanol–water partition coefficient (Wildman–Crippen LogP) is 4.43. The molecule has 0 saturated heterocycles. The van der Waals surface area contributed by atoms with Crippen LogP contribution >= 0.6 is 0 Å². The summed E-state index contributed by atoms with van der Waals surface area (Å²) in [4.78, 5) is 23.8. The SMILES string of the molecule is Cc1ncc(C2=CCN(C(=O)c3ccccc3)CC2)nc1-c1nnc(-c2ccccc2)o1. The molecule has 0 spiro atoms. The first kappa shape index (κ1) is 19.8. The molecule has 0 bridgehead atoms. The summed E-state index contributed by atoms with van der Waals surface area (Å²) >= 11 is 0. The topological polar surface area (TPSA) is 85.0 Å². The smallest absolute Gasteiger partial charge is 0.268 e. The number of carbonyl (C=O) groups excluding carboxylic acids is 1. The van der Waals surface area contributed by atoms with Gasteiger partial charge in [-0.2, -0.15) is 0 Å². The zero-order chi connectivity index (χ0) is 21.9. The summed E-state index contributed by atoms with van der Waals surface area (Å²) in [5.74, 6) is 0.822. The third-order valence-corrected chi connectivity index (χ3v) is 5.45. The lowest BCUT2D eigenvalue weighted by Crippen LogP contribution is -2.34. The maximum Gasteiger partial charge on any atom is 0.268 e. The Hall–Kier alpha value is -4.13. The number of amides is 1. The van der Waals surface area contributed by atoms with Crippen LogP contribution in [-0.4, -0.2) is 44.1 Å². The van der Waals surface area contributed by atoms with Gasteiger partial charge in [-0.15, -0.1) is 10.2 Å². The lowest BCUT2D eigenvalue weighted by molar-refractivity contribution is 0.0773. The predicted molar refractivity (Wildman–Crippen MR) is 120 cm³/mol. The van der Waals surface area contributed by atoms with Gasteiger partial charge in [-0.3, -0.25) is 9.78 Å². The molecule has 7 nitrogen and oxygen atoms in total. The highest BCUT2D eigenvalue weighted by Crippen LogP contribution is 2.27. The molecule has 3 heterocycles. The van der Waals surface area contributed by atoms with Crippen molar-refractivity contribution < 1.29 is 9.21 Å². The van der Waals surface area contributed by atoms with Crippen LogP contribution in [0.15, 0.2) is 77.4 Å². The number of benzene rings is 2. The van der Waals surface area contributed by atoms with E-state index in [0.29, 0.717) is 48.2 Å². The van der Waals surface area contributed by atoms with Gasteiger partial charge in [0.2, 0.25) is 5.89 Å². The van der Waals surface area contributed by atoms with Crippen molar-refractivity contribution in [2.45, 2.75) is 13.3 Å². The van der Waals surface area contributed by atoms with Gasteiger partial charge in [0.25, 0.3) is 11.8 Å². The van der Waals surface area contributed by atoms with Crippen LogP contribution in [-0.2, 0) is 0 Å². The lowest BCUT2D eigenvalue weighted by Gasteiger charge is -2.26. The maximum absolute atomic E-state index is 12.7. The molecule has 2 aromatic heterocycles. The minimum absolute atomic E-state index is 0.0379. The van der Waals surface area contributed by atoms with Gasteiger partial charge >= 0.3 is 0 Å². The van der Waals surface area contributed by atoms with E-state index in [-0.39, 0.29) is 5.91 Å². The minimum atomic E-state index is 0.0379. The number of hydrogen-bond acceptors (Lipinski definition) is 6. The van der Waals surface area contributed by atoms with Gasteiger partial charge < -0.3 is 9.32 Å². The molecule has 158 valence electrons. The summed E-state index contributed by atoms with van der Waals surface area (Å²) in [5, 5.41) is 8.35. The van der Waals surface area contributed by atoms with E-state index in [0.717, 1.165) is 16.8 Å². The largest absolute Gasteiger partial charge is 0.415 e. The van der Waals surface area contributed by atoms with E-state index in [1.54, 1.807) is 6.20 Å². The molecule has 7 heteroatoms. The number of aromatic nitrogens is 4. The van der Waals surface area contributed by atoms with Crippen molar-refractivity contribution in [1.29, 1.82) is 0 Å². The zero-order valence-electron chi connectivity index (χ0n) is 17.6. The van der Waals surface area contributed by atoms with Crippen LogP contribution in [0, 0.1) is 6.92 Å². The van der Waals surface area contributed by atoms with Crippen molar-refractivity contribution in [2.75, 3.05) is 13.1 Å². The van der Waals surface area contributed by atoms with Crippen LogP contribution in [0.1, 0.15) is 28.2 Å². The Morgan fingerprint density at radius 1 is 0.969 bits per heavy atom. The standard InChI is InChI=1S/C25H21N5O2/c1-17-22(24-29-28-23(32-24)19-8-4-2-5-9-19)27-21(16-26-17)18-12-14-30(15-13-18)25(31)20-10-6-3-7-11-20/h2-12,16H,13-15H2,1H3. The summed E-state index contributed by atoms with van der Waals surface area (Å²) in [6.07, 6.45) is 4.50. The second-order valence-electron chi connectivity index (χ2n) is 7.56. The van der Waals surface area contributed by atoms with Crippen molar-refractivity contribution in [1.82, 2.24) is 25.1 Å². The monoisotopic (exact) mass is 423 g/mol. The van der Waals surface area contributed by atoms with Crippen molar-refractivity contribution >= 4 is 11.5 Å². The third-order valence-electron chi connectivity index (χ3n) is 5.45. The highest BCUT2D eigenvalue weighted by Gasteiger charge is 2.21. The average molecular weight is 423 g/mol. The van der Waals surface area contributed by atoms with Crippen LogP contribution in [0.5, 0.6) is 0 Å². The van der Waals surface area contributed by atoms with Crippen molar-refractivity contribution in [3.8, 4) is 23.0 Å². The Labute approximate surface area is 185 Å². The van der Waals surface area contributed by atoms with Crippen LogP contribution < -0.4 is 0 Å². The fourth-order valence-corrected chi connectivity index (χ4v) is 3.67. The highest BCUT2D eigenvalue weighted by atomic mass is 16.4. The van der Waals surface area contributed by atoms with E-state index in [4.69, 9.17) is 9.40 Å². The first-order valence-electron chi connectivity index (χ1n) is 10.5. The lowest BCUT2D eigenvalue weighted by atomic mass is 10.0. The van der Waals surface area contributed by atoms with Crippen molar-refractivity contribution in [2.24, 2.45) is 0 Å². The van der Waals surface area contributed by atoms with Gasteiger partial charge in [-0.1, -0.05) is 42.5 Å². The summed E-state index contributed by atoms with van der Waals surface area (Å²) < 4.78 is 5.88. The Bertz CT molecular complexity index is 1280. The first-order valence-corrected chi connectivity index (χ1v) is 10.5. The van der Waals surface area contributed by atoms with Crippen molar-refractivity contribution in [3.05, 3.63) is 89.9 Å². The van der Waals surface area contributed by atoms with Gasteiger partial charge in [0.05, 0.1) is 17.6 Å². The molecule has 32 heavy (non-hydrogen) atoms. The van der Waals surface area contributed by atoms with Gasteiger partial charge in [-0.05, 0) is 43.2 Å². The number of aryl methyl sites for hydroxylation is 1. The second kappa shape index (κ2) is 8.55. The molecule has 0 N–H and O–H groups in total. The molecule has 5 rings (SSSR count). The molecule has 1 aliphatic heterocycles. The summed E-state index contributed by atoms with van der Waals surface area (Å²) in [6.45, 7) is 3.03. The zero-order valence-corrected chi connectivity index (χ0v) is 17.6. The summed E-state index contributed by atoms with van der Waals surface area (Å²) in [7, 11) is 0. The molecule has 0 saturated carbocycles. The molecular formula is C25H21N5O2. The van der Waals surface area contributed by atoms with Gasteiger partial charge in [0, 0.05) is 24.2 Å². The quantitative estimate of drug-likeness (QED) is 0.483.